The highest BCUT2D eigenvalue weighted by Gasteiger charge is 2.15. The molecule has 4 nitrogen and oxygen atoms in total. The zero-order valence-corrected chi connectivity index (χ0v) is 12.0. The molecule has 0 unspecified atom stereocenters. The van der Waals surface area contributed by atoms with Gasteiger partial charge in [0, 0.05) is 18.2 Å². The Bertz CT molecular complexity index is 614. The molecule has 108 valence electrons. The molecule has 0 atom stereocenters. The summed E-state index contributed by atoms with van der Waals surface area (Å²) in [5, 5.41) is 10.9. The highest BCUT2D eigenvalue weighted by molar-refractivity contribution is 5.37. The summed E-state index contributed by atoms with van der Waals surface area (Å²) >= 11 is 0. The molecule has 0 spiro atoms. The second-order valence-electron chi connectivity index (χ2n) is 5.79. The summed E-state index contributed by atoms with van der Waals surface area (Å²) in [4.78, 5) is 0. The fourth-order valence-electron chi connectivity index (χ4n) is 1.73. The van der Waals surface area contributed by atoms with E-state index in [1.807, 2.05) is 20.8 Å². The van der Waals surface area contributed by atoms with Gasteiger partial charge < -0.3 is 5.32 Å². The van der Waals surface area contributed by atoms with Crippen LogP contribution >= 0.6 is 0 Å². The van der Waals surface area contributed by atoms with Crippen molar-refractivity contribution in [3.8, 4) is 5.69 Å². The normalized spacial score (nSPS) is 11.9. The van der Waals surface area contributed by atoms with Gasteiger partial charge in [0.25, 0.3) is 0 Å². The van der Waals surface area contributed by atoms with E-state index >= 15 is 0 Å². The van der Waals surface area contributed by atoms with E-state index in [1.54, 1.807) is 0 Å². The van der Waals surface area contributed by atoms with Crippen LogP contribution in [0.5, 0.6) is 0 Å². The Morgan fingerprint density at radius 2 is 1.90 bits per heavy atom. The minimum Gasteiger partial charge on any atom is -0.306 e. The smallest absolute Gasteiger partial charge is 0.149 e. The number of aromatic nitrogens is 3. The summed E-state index contributed by atoms with van der Waals surface area (Å²) in [6, 6.07) is 2.30. The van der Waals surface area contributed by atoms with E-state index in [4.69, 9.17) is 0 Å². The predicted molar refractivity (Wildman–Crippen MR) is 72.6 cm³/mol. The molecule has 1 heterocycles. The van der Waals surface area contributed by atoms with Crippen LogP contribution in [0, 0.1) is 18.6 Å². The number of hydrogen-bond acceptors (Lipinski definition) is 3. The lowest BCUT2D eigenvalue weighted by molar-refractivity contribution is 0.417. The van der Waals surface area contributed by atoms with Crippen LogP contribution in [0.3, 0.4) is 0 Å². The van der Waals surface area contributed by atoms with Gasteiger partial charge >= 0.3 is 0 Å². The molecule has 0 bridgehead atoms. The van der Waals surface area contributed by atoms with Crippen LogP contribution in [0.15, 0.2) is 18.3 Å². The summed E-state index contributed by atoms with van der Waals surface area (Å²) in [7, 11) is 0. The molecule has 0 saturated carbocycles. The highest BCUT2D eigenvalue weighted by Crippen LogP contribution is 2.19. The van der Waals surface area contributed by atoms with E-state index in [-0.39, 0.29) is 16.8 Å². The average Bonchev–Trinajstić information content (AvgIpc) is 2.78. The summed E-state index contributed by atoms with van der Waals surface area (Å²) < 4.78 is 28.9. The molecule has 2 aromatic rings. The topological polar surface area (TPSA) is 42.7 Å². The second kappa shape index (κ2) is 5.28. The molecule has 1 aromatic heterocycles. The van der Waals surface area contributed by atoms with Crippen LogP contribution in [-0.4, -0.2) is 20.5 Å². The predicted octanol–water partition coefficient (Wildman–Crippen LogP) is 2.74. The Labute approximate surface area is 116 Å². The summed E-state index contributed by atoms with van der Waals surface area (Å²) in [5.74, 6) is -0.988. The Morgan fingerprint density at radius 1 is 1.20 bits per heavy atom. The highest BCUT2D eigenvalue weighted by atomic mass is 19.1. The number of aryl methyl sites for hydroxylation is 1. The second-order valence-corrected chi connectivity index (χ2v) is 5.79. The first-order chi connectivity index (χ1) is 9.28. The number of nitrogens with zero attached hydrogens (tertiary/aromatic N) is 3. The van der Waals surface area contributed by atoms with Gasteiger partial charge in [-0.05, 0) is 39.3 Å². The average molecular weight is 280 g/mol. The molecule has 1 N–H and O–H groups in total. The van der Waals surface area contributed by atoms with E-state index < -0.39 is 11.6 Å². The molecule has 0 fully saturated rings. The van der Waals surface area contributed by atoms with Crippen LogP contribution in [-0.2, 0) is 6.54 Å². The first-order valence-electron chi connectivity index (χ1n) is 6.38. The van der Waals surface area contributed by atoms with E-state index in [0.29, 0.717) is 12.2 Å². The first-order valence-corrected chi connectivity index (χ1v) is 6.38. The third kappa shape index (κ3) is 3.19. The van der Waals surface area contributed by atoms with Gasteiger partial charge in [-0.15, -0.1) is 5.10 Å². The van der Waals surface area contributed by atoms with Crippen molar-refractivity contribution in [2.75, 3.05) is 0 Å². The lowest BCUT2D eigenvalue weighted by atomic mass is 10.1. The third-order valence-corrected chi connectivity index (χ3v) is 2.88. The van der Waals surface area contributed by atoms with Crippen molar-refractivity contribution >= 4 is 0 Å². The Kier molecular flexibility index (Phi) is 3.85. The van der Waals surface area contributed by atoms with Crippen molar-refractivity contribution in [1.29, 1.82) is 0 Å². The molecule has 0 aliphatic carbocycles. The van der Waals surface area contributed by atoms with Gasteiger partial charge in [-0.2, -0.15) is 0 Å². The van der Waals surface area contributed by atoms with Crippen molar-refractivity contribution in [3.05, 3.63) is 41.2 Å². The van der Waals surface area contributed by atoms with Crippen LogP contribution in [0.4, 0.5) is 8.78 Å². The third-order valence-electron chi connectivity index (χ3n) is 2.88. The van der Waals surface area contributed by atoms with E-state index in [1.165, 1.54) is 17.8 Å². The fourth-order valence-corrected chi connectivity index (χ4v) is 1.73. The summed E-state index contributed by atoms with van der Waals surface area (Å²) in [6.07, 6.45) is 1.54. The molecule has 2 rings (SSSR count). The molecule has 1 aromatic carbocycles. The molecular formula is C14H18F2N4. The number of nitrogens with one attached hydrogen (secondary N) is 1. The van der Waals surface area contributed by atoms with Crippen LogP contribution in [0.2, 0.25) is 0 Å². The van der Waals surface area contributed by atoms with Gasteiger partial charge in [-0.3, -0.25) is 0 Å². The minimum atomic E-state index is -0.522. The van der Waals surface area contributed by atoms with Crippen molar-refractivity contribution in [2.45, 2.75) is 39.8 Å². The number of benzene rings is 1. The standard InChI is InChI=1S/C14H18F2N4/c1-9-5-12(16)13(6-11(9)15)20-10(8-18-19-20)7-17-14(2,3)4/h5-6,8,17H,7H2,1-4H3. The van der Waals surface area contributed by atoms with Crippen molar-refractivity contribution < 1.29 is 8.78 Å². The van der Waals surface area contributed by atoms with Gasteiger partial charge in [0.15, 0.2) is 0 Å². The van der Waals surface area contributed by atoms with Crippen molar-refractivity contribution in [2.24, 2.45) is 0 Å². The van der Waals surface area contributed by atoms with Crippen LogP contribution < -0.4 is 5.32 Å². The molecule has 0 radical (unpaired) electrons. The zero-order chi connectivity index (χ0) is 14.9. The van der Waals surface area contributed by atoms with E-state index in [2.05, 4.69) is 15.6 Å². The maximum Gasteiger partial charge on any atom is 0.149 e. The molecule has 20 heavy (non-hydrogen) atoms. The van der Waals surface area contributed by atoms with Crippen LogP contribution in [0.1, 0.15) is 32.0 Å². The lowest BCUT2D eigenvalue weighted by Crippen LogP contribution is -2.35. The number of halogens is 2. The molecule has 0 amide bonds. The van der Waals surface area contributed by atoms with Gasteiger partial charge in [-0.25, -0.2) is 13.5 Å². The SMILES string of the molecule is Cc1cc(F)c(-n2nncc2CNC(C)(C)C)cc1F. The monoisotopic (exact) mass is 280 g/mol. The molecule has 6 heteroatoms. The summed E-state index contributed by atoms with van der Waals surface area (Å²) in [5.41, 5.74) is 0.908. The molecular weight excluding hydrogens is 262 g/mol. The number of hydrogen-bond donors (Lipinski definition) is 1. The molecule has 0 saturated heterocycles. The largest absolute Gasteiger partial charge is 0.306 e. The first kappa shape index (κ1) is 14.6. The van der Waals surface area contributed by atoms with E-state index in [0.717, 1.165) is 12.1 Å². The van der Waals surface area contributed by atoms with Gasteiger partial charge in [-0.1, -0.05) is 5.21 Å². The van der Waals surface area contributed by atoms with Crippen molar-refractivity contribution in [3.63, 3.8) is 0 Å². The maximum atomic E-state index is 14.0. The van der Waals surface area contributed by atoms with E-state index in [9.17, 15) is 8.78 Å². The Balaban J connectivity index is 2.35. The molecule has 0 aliphatic heterocycles. The van der Waals surface area contributed by atoms with Crippen LogP contribution in [0.25, 0.3) is 5.69 Å². The maximum absolute atomic E-state index is 14.0. The number of rotatable bonds is 3. The lowest BCUT2D eigenvalue weighted by Gasteiger charge is -2.20. The van der Waals surface area contributed by atoms with Gasteiger partial charge in [0.1, 0.15) is 17.3 Å². The van der Waals surface area contributed by atoms with Gasteiger partial charge in [0.05, 0.1) is 11.9 Å². The Hall–Kier alpha value is -1.82. The van der Waals surface area contributed by atoms with Gasteiger partial charge in [0.2, 0.25) is 0 Å². The minimum absolute atomic E-state index is 0.0660. The summed E-state index contributed by atoms with van der Waals surface area (Å²) in [6.45, 7) is 8.05. The van der Waals surface area contributed by atoms with Crippen molar-refractivity contribution in [1.82, 2.24) is 20.3 Å². The fraction of sp³-hybridized carbons (Fsp3) is 0.429. The quantitative estimate of drug-likeness (QED) is 0.940. The Morgan fingerprint density at radius 3 is 2.55 bits per heavy atom. The zero-order valence-electron chi connectivity index (χ0n) is 12.0. The molecule has 0 aliphatic rings.